The van der Waals surface area contributed by atoms with Crippen molar-refractivity contribution >= 4 is 11.6 Å². The number of halogens is 1. The Morgan fingerprint density at radius 3 is 2.49 bits per heavy atom. The standard InChI is InChI=1S/C27H28ClN5O2/c1-16-10-11-19(21-12-13-29-26(32-21)27(4,5)6)14-22(16)33-18(3)31-24(23(28)25(33)34)35-15-20-9-7-8-17(2)30-20/h7-14H,15H2,1-6H3. The maximum absolute atomic E-state index is 13.3. The highest BCUT2D eigenvalue weighted by Gasteiger charge is 2.20. The molecule has 4 aromatic rings. The summed E-state index contributed by atoms with van der Waals surface area (Å²) < 4.78 is 7.27. The van der Waals surface area contributed by atoms with Gasteiger partial charge in [0.25, 0.3) is 5.56 Å². The quantitative estimate of drug-likeness (QED) is 0.366. The van der Waals surface area contributed by atoms with Crippen LogP contribution in [0.3, 0.4) is 0 Å². The van der Waals surface area contributed by atoms with Crippen LogP contribution in [0, 0.1) is 20.8 Å². The van der Waals surface area contributed by atoms with Crippen LogP contribution in [-0.4, -0.2) is 24.5 Å². The minimum atomic E-state index is -0.398. The molecule has 0 aliphatic heterocycles. The fraction of sp³-hybridized carbons (Fsp3) is 0.296. The summed E-state index contributed by atoms with van der Waals surface area (Å²) in [5, 5.41) is -0.0786. The first-order valence-corrected chi connectivity index (χ1v) is 11.7. The molecule has 1 aromatic carbocycles. The number of pyridine rings is 1. The first-order chi connectivity index (χ1) is 16.5. The van der Waals surface area contributed by atoms with E-state index in [1.807, 2.05) is 56.3 Å². The smallest absolute Gasteiger partial charge is 0.280 e. The Balaban J connectivity index is 1.72. The maximum Gasteiger partial charge on any atom is 0.280 e. The normalized spacial score (nSPS) is 11.5. The number of benzene rings is 1. The summed E-state index contributed by atoms with van der Waals surface area (Å²) in [7, 11) is 0. The van der Waals surface area contributed by atoms with Gasteiger partial charge in [-0.05, 0) is 50.6 Å². The molecule has 0 amide bonds. The van der Waals surface area contributed by atoms with Crippen LogP contribution in [0.4, 0.5) is 0 Å². The molecule has 180 valence electrons. The fourth-order valence-corrected chi connectivity index (χ4v) is 3.86. The summed E-state index contributed by atoms with van der Waals surface area (Å²) in [6, 6.07) is 13.4. The van der Waals surface area contributed by atoms with E-state index < -0.39 is 5.56 Å². The van der Waals surface area contributed by atoms with Crippen LogP contribution in [0.1, 0.15) is 49.4 Å². The van der Waals surface area contributed by atoms with Crippen LogP contribution in [-0.2, 0) is 12.0 Å². The van der Waals surface area contributed by atoms with Gasteiger partial charge in [-0.3, -0.25) is 14.3 Å². The maximum atomic E-state index is 13.3. The number of nitrogens with zero attached hydrogens (tertiary/aromatic N) is 5. The minimum Gasteiger partial charge on any atom is -0.470 e. The van der Waals surface area contributed by atoms with Gasteiger partial charge in [0.15, 0.2) is 5.02 Å². The summed E-state index contributed by atoms with van der Waals surface area (Å²) in [5.41, 5.74) is 4.26. The van der Waals surface area contributed by atoms with E-state index >= 15 is 0 Å². The van der Waals surface area contributed by atoms with Gasteiger partial charge in [0.05, 0.1) is 17.1 Å². The Kier molecular flexibility index (Phi) is 6.72. The summed E-state index contributed by atoms with van der Waals surface area (Å²) in [6.45, 7) is 12.0. The Labute approximate surface area is 209 Å². The minimum absolute atomic E-state index is 0.0786. The molecule has 0 atom stereocenters. The van der Waals surface area contributed by atoms with Crippen molar-refractivity contribution in [2.45, 2.75) is 53.6 Å². The van der Waals surface area contributed by atoms with Crippen molar-refractivity contribution in [2.24, 2.45) is 0 Å². The molecule has 0 aliphatic rings. The van der Waals surface area contributed by atoms with E-state index in [0.29, 0.717) is 11.5 Å². The molecule has 35 heavy (non-hydrogen) atoms. The summed E-state index contributed by atoms with van der Waals surface area (Å²) in [5.74, 6) is 1.30. The molecule has 0 saturated carbocycles. The lowest BCUT2D eigenvalue weighted by molar-refractivity contribution is 0.287. The lowest BCUT2D eigenvalue weighted by atomic mass is 9.95. The number of hydrogen-bond donors (Lipinski definition) is 0. The third-order valence-corrected chi connectivity index (χ3v) is 5.86. The highest BCUT2D eigenvalue weighted by atomic mass is 35.5. The first-order valence-electron chi connectivity index (χ1n) is 11.3. The Bertz CT molecular complexity index is 1460. The molecule has 3 heterocycles. The predicted octanol–water partition coefficient (Wildman–Crippen LogP) is 5.54. The molecule has 7 nitrogen and oxygen atoms in total. The number of hydrogen-bond acceptors (Lipinski definition) is 6. The lowest BCUT2D eigenvalue weighted by Gasteiger charge is -2.18. The molecule has 0 spiro atoms. The molecule has 0 bridgehead atoms. The van der Waals surface area contributed by atoms with E-state index in [9.17, 15) is 4.79 Å². The van der Waals surface area contributed by atoms with E-state index in [2.05, 4.69) is 35.7 Å². The molecule has 8 heteroatoms. The van der Waals surface area contributed by atoms with E-state index in [1.54, 1.807) is 13.1 Å². The average molecular weight is 490 g/mol. The fourth-order valence-electron chi connectivity index (χ4n) is 3.67. The van der Waals surface area contributed by atoms with Crippen LogP contribution < -0.4 is 10.3 Å². The molecule has 0 N–H and O–H groups in total. The molecular formula is C27H28ClN5O2. The predicted molar refractivity (Wildman–Crippen MR) is 137 cm³/mol. The molecule has 0 fully saturated rings. The topological polar surface area (TPSA) is 82.8 Å². The van der Waals surface area contributed by atoms with Crippen LogP contribution in [0.2, 0.25) is 5.02 Å². The molecule has 0 radical (unpaired) electrons. The van der Waals surface area contributed by atoms with Crippen molar-refractivity contribution in [3.8, 4) is 22.8 Å². The lowest BCUT2D eigenvalue weighted by Crippen LogP contribution is -2.24. The Morgan fingerprint density at radius 1 is 1.00 bits per heavy atom. The van der Waals surface area contributed by atoms with Crippen molar-refractivity contribution < 1.29 is 4.74 Å². The molecule has 0 saturated heterocycles. The van der Waals surface area contributed by atoms with Crippen molar-refractivity contribution in [3.63, 3.8) is 0 Å². The van der Waals surface area contributed by atoms with Crippen molar-refractivity contribution in [1.82, 2.24) is 24.5 Å². The van der Waals surface area contributed by atoms with Crippen molar-refractivity contribution in [1.29, 1.82) is 0 Å². The SMILES string of the molecule is Cc1cccc(COc2nc(C)n(-c3cc(-c4ccnc(C(C)(C)C)n4)ccc3C)c(=O)c2Cl)n1. The Morgan fingerprint density at radius 2 is 1.77 bits per heavy atom. The third-order valence-electron chi connectivity index (χ3n) is 5.54. The van der Waals surface area contributed by atoms with E-state index in [0.717, 1.165) is 34.0 Å². The number of rotatable bonds is 5. The van der Waals surface area contributed by atoms with Crippen molar-refractivity contribution in [3.05, 3.63) is 92.6 Å². The summed E-state index contributed by atoms with van der Waals surface area (Å²) in [4.78, 5) is 31.4. The molecular weight excluding hydrogens is 462 g/mol. The zero-order chi connectivity index (χ0) is 25.3. The van der Waals surface area contributed by atoms with Gasteiger partial charge >= 0.3 is 0 Å². The zero-order valence-electron chi connectivity index (χ0n) is 20.8. The van der Waals surface area contributed by atoms with Gasteiger partial charge in [0, 0.05) is 22.9 Å². The van der Waals surface area contributed by atoms with Crippen LogP contribution in [0.25, 0.3) is 16.9 Å². The first kappa shape index (κ1) is 24.5. The van der Waals surface area contributed by atoms with Gasteiger partial charge in [0.1, 0.15) is 18.3 Å². The van der Waals surface area contributed by atoms with E-state index in [4.69, 9.17) is 21.3 Å². The average Bonchev–Trinajstić information content (AvgIpc) is 2.81. The van der Waals surface area contributed by atoms with Gasteiger partial charge in [-0.25, -0.2) is 9.97 Å². The van der Waals surface area contributed by atoms with Crippen molar-refractivity contribution in [2.75, 3.05) is 0 Å². The van der Waals surface area contributed by atoms with Gasteiger partial charge in [0.2, 0.25) is 5.88 Å². The van der Waals surface area contributed by atoms with Gasteiger partial charge in [-0.1, -0.05) is 50.6 Å². The number of aryl methyl sites for hydroxylation is 3. The summed E-state index contributed by atoms with van der Waals surface area (Å²) >= 11 is 6.44. The monoisotopic (exact) mass is 489 g/mol. The van der Waals surface area contributed by atoms with Gasteiger partial charge < -0.3 is 4.74 Å². The Hall–Kier alpha value is -3.58. The van der Waals surface area contributed by atoms with Gasteiger partial charge in [-0.2, -0.15) is 4.98 Å². The molecule has 0 unspecified atom stereocenters. The van der Waals surface area contributed by atoms with Crippen LogP contribution in [0.5, 0.6) is 5.88 Å². The van der Waals surface area contributed by atoms with Crippen LogP contribution in [0.15, 0.2) is 53.5 Å². The zero-order valence-corrected chi connectivity index (χ0v) is 21.5. The highest BCUT2D eigenvalue weighted by Crippen LogP contribution is 2.27. The van der Waals surface area contributed by atoms with Gasteiger partial charge in [-0.15, -0.1) is 0 Å². The third kappa shape index (κ3) is 5.25. The highest BCUT2D eigenvalue weighted by molar-refractivity contribution is 6.31. The molecule has 3 aromatic heterocycles. The number of aromatic nitrogens is 5. The molecule has 4 rings (SSSR count). The number of ether oxygens (including phenoxy) is 1. The summed E-state index contributed by atoms with van der Waals surface area (Å²) in [6.07, 6.45) is 1.76. The van der Waals surface area contributed by atoms with E-state index in [1.165, 1.54) is 4.57 Å². The second kappa shape index (κ2) is 9.58. The molecule has 0 aliphatic carbocycles. The second-order valence-corrected chi connectivity index (χ2v) is 9.87. The largest absolute Gasteiger partial charge is 0.470 e. The second-order valence-electron chi connectivity index (χ2n) is 9.49. The van der Waals surface area contributed by atoms with E-state index in [-0.39, 0.29) is 22.9 Å². The van der Waals surface area contributed by atoms with Crippen LogP contribution >= 0.6 is 11.6 Å².